The van der Waals surface area contributed by atoms with Crippen molar-refractivity contribution in [3.8, 4) is 0 Å². The summed E-state index contributed by atoms with van der Waals surface area (Å²) in [5.74, 6) is 1.86. The third kappa shape index (κ3) is 3.71. The first-order valence-corrected chi connectivity index (χ1v) is 7.72. The van der Waals surface area contributed by atoms with Crippen molar-refractivity contribution >= 4 is 0 Å². The van der Waals surface area contributed by atoms with Crippen molar-refractivity contribution in [2.24, 2.45) is 17.3 Å². The molecular formula is C16H31N. The lowest BCUT2D eigenvalue weighted by atomic mass is 9.74. The van der Waals surface area contributed by atoms with E-state index in [0.717, 1.165) is 23.9 Å². The van der Waals surface area contributed by atoms with Crippen LogP contribution in [-0.2, 0) is 0 Å². The van der Waals surface area contributed by atoms with E-state index in [4.69, 9.17) is 0 Å². The molecule has 0 aliphatic heterocycles. The predicted octanol–water partition coefficient (Wildman–Crippen LogP) is 4.37. The Labute approximate surface area is 108 Å². The molecule has 2 rings (SSSR count). The zero-order valence-electron chi connectivity index (χ0n) is 12.3. The lowest BCUT2D eigenvalue weighted by molar-refractivity contribution is 0.167. The third-order valence-corrected chi connectivity index (χ3v) is 5.41. The fourth-order valence-corrected chi connectivity index (χ4v) is 3.60. The summed E-state index contributed by atoms with van der Waals surface area (Å²) < 4.78 is 0. The smallest absolute Gasteiger partial charge is 0.00723 e. The highest BCUT2D eigenvalue weighted by Crippen LogP contribution is 2.36. The molecule has 0 aromatic carbocycles. The Morgan fingerprint density at radius 2 is 1.47 bits per heavy atom. The van der Waals surface area contributed by atoms with E-state index >= 15 is 0 Å². The maximum atomic E-state index is 3.95. The summed E-state index contributed by atoms with van der Waals surface area (Å²) in [6.45, 7) is 9.70. The zero-order valence-corrected chi connectivity index (χ0v) is 12.3. The van der Waals surface area contributed by atoms with Crippen molar-refractivity contribution in [3.63, 3.8) is 0 Å². The maximum absolute atomic E-state index is 3.95. The van der Waals surface area contributed by atoms with Crippen LogP contribution in [0.2, 0.25) is 0 Å². The average Bonchev–Trinajstić information content (AvgIpc) is 2.27. The van der Waals surface area contributed by atoms with Crippen LogP contribution in [-0.4, -0.2) is 12.1 Å². The molecule has 0 amide bonds. The van der Waals surface area contributed by atoms with Crippen LogP contribution in [0.5, 0.6) is 0 Å². The van der Waals surface area contributed by atoms with Crippen LogP contribution in [0.3, 0.4) is 0 Å². The van der Waals surface area contributed by atoms with Gasteiger partial charge in [0.05, 0.1) is 0 Å². The Morgan fingerprint density at radius 1 is 0.824 bits per heavy atom. The van der Waals surface area contributed by atoms with Crippen molar-refractivity contribution in [1.29, 1.82) is 0 Å². The lowest BCUT2D eigenvalue weighted by Gasteiger charge is -2.39. The largest absolute Gasteiger partial charge is 0.311 e. The van der Waals surface area contributed by atoms with E-state index in [1.54, 1.807) is 0 Å². The van der Waals surface area contributed by atoms with E-state index in [2.05, 4.69) is 33.0 Å². The first-order valence-electron chi connectivity index (χ1n) is 7.72. The van der Waals surface area contributed by atoms with Gasteiger partial charge in [-0.05, 0) is 62.2 Å². The summed E-state index contributed by atoms with van der Waals surface area (Å²) >= 11 is 0. The van der Waals surface area contributed by atoms with Crippen LogP contribution < -0.4 is 5.32 Å². The van der Waals surface area contributed by atoms with Gasteiger partial charge in [0, 0.05) is 12.1 Å². The molecule has 1 N–H and O–H groups in total. The molecule has 1 heteroatoms. The van der Waals surface area contributed by atoms with Crippen LogP contribution in [0.1, 0.15) is 72.6 Å². The van der Waals surface area contributed by atoms with Gasteiger partial charge in [-0.2, -0.15) is 0 Å². The topological polar surface area (TPSA) is 12.0 Å². The van der Waals surface area contributed by atoms with Gasteiger partial charge in [-0.15, -0.1) is 0 Å². The van der Waals surface area contributed by atoms with Crippen LogP contribution in [0.4, 0.5) is 0 Å². The second-order valence-corrected chi connectivity index (χ2v) is 7.57. The molecule has 2 fully saturated rings. The van der Waals surface area contributed by atoms with E-state index in [-0.39, 0.29) is 0 Å². The van der Waals surface area contributed by atoms with Crippen molar-refractivity contribution in [1.82, 2.24) is 5.32 Å². The molecule has 0 radical (unpaired) electrons. The Morgan fingerprint density at radius 3 is 2.06 bits per heavy atom. The molecule has 3 unspecified atom stereocenters. The third-order valence-electron chi connectivity index (χ3n) is 5.41. The van der Waals surface area contributed by atoms with Crippen LogP contribution in [0.25, 0.3) is 0 Å². The molecule has 2 aliphatic carbocycles. The highest BCUT2D eigenvalue weighted by Gasteiger charge is 2.30. The van der Waals surface area contributed by atoms with Crippen LogP contribution in [0.15, 0.2) is 0 Å². The normalized spacial score (nSPS) is 39.2. The summed E-state index contributed by atoms with van der Waals surface area (Å²) in [5, 5.41) is 3.95. The van der Waals surface area contributed by atoms with Gasteiger partial charge in [0.25, 0.3) is 0 Å². The quantitative estimate of drug-likeness (QED) is 0.752. The second-order valence-electron chi connectivity index (χ2n) is 7.57. The van der Waals surface area contributed by atoms with Crippen molar-refractivity contribution in [2.75, 3.05) is 0 Å². The average molecular weight is 237 g/mol. The fourth-order valence-electron chi connectivity index (χ4n) is 3.60. The van der Waals surface area contributed by atoms with Gasteiger partial charge in [-0.3, -0.25) is 0 Å². The van der Waals surface area contributed by atoms with Gasteiger partial charge in [0.15, 0.2) is 0 Å². The first-order chi connectivity index (χ1) is 7.96. The van der Waals surface area contributed by atoms with Gasteiger partial charge in [-0.1, -0.05) is 27.7 Å². The Kier molecular flexibility index (Phi) is 4.18. The van der Waals surface area contributed by atoms with Crippen molar-refractivity contribution < 1.29 is 0 Å². The minimum Gasteiger partial charge on any atom is -0.311 e. The van der Waals surface area contributed by atoms with Gasteiger partial charge in [-0.25, -0.2) is 0 Å². The molecule has 0 bridgehead atoms. The molecule has 2 saturated carbocycles. The van der Waals surface area contributed by atoms with Gasteiger partial charge in [0.2, 0.25) is 0 Å². The van der Waals surface area contributed by atoms with E-state index in [1.807, 2.05) is 0 Å². The summed E-state index contributed by atoms with van der Waals surface area (Å²) in [4.78, 5) is 0. The van der Waals surface area contributed by atoms with Crippen molar-refractivity contribution in [3.05, 3.63) is 0 Å². The highest BCUT2D eigenvalue weighted by molar-refractivity contribution is 4.87. The standard InChI is InChI=1S/C16H31N/c1-12-5-6-15(11-13(12)2)17-14-7-9-16(3,4)10-8-14/h12-15,17H,5-11H2,1-4H3. The number of hydrogen-bond donors (Lipinski definition) is 1. The second kappa shape index (κ2) is 5.30. The summed E-state index contributed by atoms with van der Waals surface area (Å²) in [6.07, 6.45) is 9.84. The Hall–Kier alpha value is -0.0400. The van der Waals surface area contributed by atoms with E-state index < -0.39 is 0 Å². The molecule has 0 aromatic heterocycles. The Balaban J connectivity index is 1.75. The zero-order chi connectivity index (χ0) is 12.5. The van der Waals surface area contributed by atoms with E-state index in [9.17, 15) is 0 Å². The molecule has 0 aromatic rings. The first kappa shape index (κ1) is 13.4. The molecule has 0 spiro atoms. The fraction of sp³-hybridized carbons (Fsp3) is 1.00. The van der Waals surface area contributed by atoms with Gasteiger partial charge in [0.1, 0.15) is 0 Å². The molecule has 17 heavy (non-hydrogen) atoms. The summed E-state index contributed by atoms with van der Waals surface area (Å²) in [5.41, 5.74) is 0.604. The molecular weight excluding hydrogens is 206 g/mol. The molecule has 3 atom stereocenters. The SMILES string of the molecule is CC1CCC(NC2CCC(C)(C)CC2)CC1C. The highest BCUT2D eigenvalue weighted by atomic mass is 15.0. The van der Waals surface area contributed by atoms with Gasteiger partial charge >= 0.3 is 0 Å². The van der Waals surface area contributed by atoms with Crippen molar-refractivity contribution in [2.45, 2.75) is 84.7 Å². The maximum Gasteiger partial charge on any atom is 0.00723 e. The van der Waals surface area contributed by atoms with Crippen LogP contribution in [0, 0.1) is 17.3 Å². The summed E-state index contributed by atoms with van der Waals surface area (Å²) in [7, 11) is 0. The molecule has 100 valence electrons. The predicted molar refractivity (Wildman–Crippen MR) is 75.1 cm³/mol. The van der Waals surface area contributed by atoms with Gasteiger partial charge < -0.3 is 5.32 Å². The minimum absolute atomic E-state index is 0.604. The number of hydrogen-bond acceptors (Lipinski definition) is 1. The van der Waals surface area contributed by atoms with E-state index in [1.165, 1.54) is 44.9 Å². The molecule has 0 heterocycles. The number of rotatable bonds is 2. The molecule has 1 nitrogen and oxygen atoms in total. The monoisotopic (exact) mass is 237 g/mol. The Bertz CT molecular complexity index is 236. The summed E-state index contributed by atoms with van der Waals surface area (Å²) in [6, 6.07) is 1.63. The van der Waals surface area contributed by atoms with Crippen LogP contribution >= 0.6 is 0 Å². The molecule has 0 saturated heterocycles. The van der Waals surface area contributed by atoms with E-state index in [0.29, 0.717) is 5.41 Å². The lowest BCUT2D eigenvalue weighted by Crippen LogP contribution is -2.44. The minimum atomic E-state index is 0.604. The number of nitrogens with one attached hydrogen (secondary N) is 1. The molecule has 2 aliphatic rings.